The second-order valence-electron chi connectivity index (χ2n) is 5.33. The summed E-state index contributed by atoms with van der Waals surface area (Å²) in [6.07, 6.45) is 1.57. The molecule has 0 radical (unpaired) electrons. The molecule has 1 atom stereocenters. The van der Waals surface area contributed by atoms with Crippen LogP contribution in [0.1, 0.15) is 38.3 Å². The molecule has 0 fully saturated rings. The lowest BCUT2D eigenvalue weighted by Crippen LogP contribution is -2.44. The topological polar surface area (TPSA) is 65.0 Å². The summed E-state index contributed by atoms with van der Waals surface area (Å²) in [5.74, 6) is 0.576. The van der Waals surface area contributed by atoms with E-state index in [9.17, 15) is 9.90 Å². The Kier molecular flexibility index (Phi) is 5.29. The van der Waals surface area contributed by atoms with Crippen LogP contribution in [0.2, 0.25) is 0 Å². The number of phenols is 1. The number of hydrogen-bond donors (Lipinski definition) is 1. The summed E-state index contributed by atoms with van der Waals surface area (Å²) in [7, 11) is 0. The molecule has 5 nitrogen and oxygen atoms in total. The van der Waals surface area contributed by atoms with Gasteiger partial charge in [-0.2, -0.15) is 0 Å². The SMILES string of the molecule is CCOC(=O)C(CC)(Cc1ccc(O)c2c1OCC2)OCC. The molecule has 1 aromatic rings. The van der Waals surface area contributed by atoms with E-state index in [1.165, 1.54) is 0 Å². The molecule has 0 saturated heterocycles. The molecule has 0 bridgehead atoms. The molecular formula is C17H24O5. The van der Waals surface area contributed by atoms with Gasteiger partial charge in [-0.3, -0.25) is 0 Å². The van der Waals surface area contributed by atoms with E-state index >= 15 is 0 Å². The zero-order valence-electron chi connectivity index (χ0n) is 13.5. The maximum absolute atomic E-state index is 12.4. The van der Waals surface area contributed by atoms with E-state index in [4.69, 9.17) is 14.2 Å². The molecule has 22 heavy (non-hydrogen) atoms. The summed E-state index contributed by atoms with van der Waals surface area (Å²) >= 11 is 0. The van der Waals surface area contributed by atoms with Crippen LogP contribution in [0.15, 0.2) is 12.1 Å². The quantitative estimate of drug-likeness (QED) is 0.784. The summed E-state index contributed by atoms with van der Waals surface area (Å²) in [4.78, 5) is 12.4. The monoisotopic (exact) mass is 308 g/mol. The van der Waals surface area contributed by atoms with Crippen LogP contribution in [-0.4, -0.2) is 36.5 Å². The van der Waals surface area contributed by atoms with Crippen LogP contribution < -0.4 is 4.74 Å². The van der Waals surface area contributed by atoms with Crippen molar-refractivity contribution in [3.63, 3.8) is 0 Å². The van der Waals surface area contributed by atoms with Gasteiger partial charge in [0.15, 0.2) is 5.60 Å². The predicted octanol–water partition coefficient (Wildman–Crippen LogP) is 2.62. The van der Waals surface area contributed by atoms with E-state index in [1.54, 1.807) is 19.1 Å². The zero-order valence-corrected chi connectivity index (χ0v) is 13.5. The lowest BCUT2D eigenvalue weighted by atomic mass is 9.90. The molecule has 2 rings (SSSR count). The average Bonchev–Trinajstić information content (AvgIpc) is 3.00. The fourth-order valence-electron chi connectivity index (χ4n) is 2.88. The third-order valence-electron chi connectivity index (χ3n) is 4.03. The van der Waals surface area contributed by atoms with Crippen molar-refractivity contribution in [1.82, 2.24) is 0 Å². The van der Waals surface area contributed by atoms with Gasteiger partial charge in [0, 0.05) is 25.0 Å². The van der Waals surface area contributed by atoms with E-state index in [-0.39, 0.29) is 11.7 Å². The van der Waals surface area contributed by atoms with Crippen LogP contribution in [0.4, 0.5) is 0 Å². The highest BCUT2D eigenvalue weighted by Gasteiger charge is 2.40. The Morgan fingerprint density at radius 2 is 2.09 bits per heavy atom. The molecule has 1 aliphatic rings. The Morgan fingerprint density at radius 3 is 2.73 bits per heavy atom. The number of benzene rings is 1. The van der Waals surface area contributed by atoms with Gasteiger partial charge in [0.2, 0.25) is 0 Å². The summed E-state index contributed by atoms with van der Waals surface area (Å²) in [5.41, 5.74) is 0.665. The van der Waals surface area contributed by atoms with Crippen molar-refractivity contribution in [3.8, 4) is 11.5 Å². The lowest BCUT2D eigenvalue weighted by Gasteiger charge is -2.30. The standard InChI is InChI=1S/C17H24O5/c1-4-17(22-6-3,16(19)20-5-2)11-12-7-8-14(18)13-9-10-21-15(12)13/h7-8,18H,4-6,9-11H2,1-3H3. The van der Waals surface area contributed by atoms with E-state index < -0.39 is 5.60 Å². The molecule has 0 aliphatic carbocycles. The van der Waals surface area contributed by atoms with Crippen LogP contribution in [0.25, 0.3) is 0 Å². The van der Waals surface area contributed by atoms with Gasteiger partial charge in [0.1, 0.15) is 11.5 Å². The smallest absolute Gasteiger partial charge is 0.338 e. The molecule has 5 heteroatoms. The molecule has 1 aliphatic heterocycles. The molecule has 0 saturated carbocycles. The van der Waals surface area contributed by atoms with Crippen LogP contribution >= 0.6 is 0 Å². The number of aromatic hydroxyl groups is 1. The Morgan fingerprint density at radius 1 is 1.32 bits per heavy atom. The Hall–Kier alpha value is -1.75. The maximum atomic E-state index is 12.4. The molecule has 0 aromatic heterocycles. The highest BCUT2D eigenvalue weighted by Crippen LogP contribution is 2.38. The van der Waals surface area contributed by atoms with Crippen molar-refractivity contribution in [2.45, 2.75) is 45.6 Å². The first kappa shape index (κ1) is 16.6. The normalized spacial score (nSPS) is 15.8. The van der Waals surface area contributed by atoms with Gasteiger partial charge in [-0.25, -0.2) is 4.79 Å². The number of hydrogen-bond acceptors (Lipinski definition) is 5. The molecule has 0 spiro atoms. The number of carbonyl (C=O) groups excluding carboxylic acids is 1. The minimum Gasteiger partial charge on any atom is -0.508 e. The van der Waals surface area contributed by atoms with Crippen molar-refractivity contribution in [2.75, 3.05) is 19.8 Å². The number of esters is 1. The second-order valence-corrected chi connectivity index (χ2v) is 5.33. The van der Waals surface area contributed by atoms with E-state index in [2.05, 4.69) is 0 Å². The molecular weight excluding hydrogens is 284 g/mol. The minimum atomic E-state index is -1.01. The summed E-state index contributed by atoms with van der Waals surface area (Å²) in [6, 6.07) is 3.45. The van der Waals surface area contributed by atoms with Crippen molar-refractivity contribution < 1.29 is 24.1 Å². The van der Waals surface area contributed by atoms with E-state index in [1.807, 2.05) is 13.8 Å². The molecule has 1 N–H and O–H groups in total. The molecule has 122 valence electrons. The van der Waals surface area contributed by atoms with E-state index in [0.717, 1.165) is 11.1 Å². The van der Waals surface area contributed by atoms with Gasteiger partial charge in [0.05, 0.1) is 13.2 Å². The van der Waals surface area contributed by atoms with Gasteiger partial charge in [-0.1, -0.05) is 13.0 Å². The second kappa shape index (κ2) is 7.01. The molecule has 1 aromatic carbocycles. The predicted molar refractivity (Wildman–Crippen MR) is 82.3 cm³/mol. The van der Waals surface area contributed by atoms with Gasteiger partial charge in [0.25, 0.3) is 0 Å². The Labute approximate surface area is 131 Å². The maximum Gasteiger partial charge on any atom is 0.338 e. The van der Waals surface area contributed by atoms with Crippen LogP contribution in [0, 0.1) is 0 Å². The van der Waals surface area contributed by atoms with Gasteiger partial charge in [-0.15, -0.1) is 0 Å². The first-order valence-electron chi connectivity index (χ1n) is 7.85. The highest BCUT2D eigenvalue weighted by molar-refractivity contribution is 5.80. The fourth-order valence-corrected chi connectivity index (χ4v) is 2.88. The van der Waals surface area contributed by atoms with Gasteiger partial charge >= 0.3 is 5.97 Å². The molecule has 0 amide bonds. The molecule has 1 heterocycles. The Bertz CT molecular complexity index is 540. The average molecular weight is 308 g/mol. The minimum absolute atomic E-state index is 0.242. The number of fused-ring (bicyclic) bond motifs is 1. The van der Waals surface area contributed by atoms with Gasteiger partial charge < -0.3 is 19.3 Å². The van der Waals surface area contributed by atoms with Crippen LogP contribution in [-0.2, 0) is 27.1 Å². The summed E-state index contributed by atoms with van der Waals surface area (Å²) < 4.78 is 16.7. The Balaban J connectivity index is 2.35. The number of phenolic OH excluding ortho intramolecular Hbond substituents is 1. The number of carbonyl (C=O) groups is 1. The molecule has 1 unspecified atom stereocenters. The zero-order chi connectivity index (χ0) is 16.2. The van der Waals surface area contributed by atoms with Crippen molar-refractivity contribution in [1.29, 1.82) is 0 Å². The number of ether oxygens (including phenoxy) is 3. The summed E-state index contributed by atoms with van der Waals surface area (Å²) in [6.45, 7) is 6.85. The van der Waals surface area contributed by atoms with Crippen LogP contribution in [0.3, 0.4) is 0 Å². The van der Waals surface area contributed by atoms with Crippen molar-refractivity contribution in [2.24, 2.45) is 0 Å². The van der Waals surface area contributed by atoms with Crippen molar-refractivity contribution >= 4 is 5.97 Å². The first-order valence-corrected chi connectivity index (χ1v) is 7.85. The number of rotatable bonds is 7. The lowest BCUT2D eigenvalue weighted by molar-refractivity contribution is -0.172. The third-order valence-corrected chi connectivity index (χ3v) is 4.03. The summed E-state index contributed by atoms with van der Waals surface area (Å²) in [5, 5.41) is 9.91. The van der Waals surface area contributed by atoms with E-state index in [0.29, 0.717) is 44.8 Å². The third kappa shape index (κ3) is 3.04. The largest absolute Gasteiger partial charge is 0.508 e. The fraction of sp³-hybridized carbons (Fsp3) is 0.588. The van der Waals surface area contributed by atoms with Gasteiger partial charge in [-0.05, 0) is 31.9 Å². The van der Waals surface area contributed by atoms with Crippen molar-refractivity contribution in [3.05, 3.63) is 23.3 Å². The van der Waals surface area contributed by atoms with Crippen LogP contribution in [0.5, 0.6) is 11.5 Å². The highest BCUT2D eigenvalue weighted by atomic mass is 16.6. The first-order chi connectivity index (χ1) is 10.6.